The van der Waals surface area contributed by atoms with Gasteiger partial charge in [0.2, 0.25) is 0 Å². The molecule has 0 spiro atoms. The van der Waals surface area contributed by atoms with E-state index in [1.807, 2.05) is 42.5 Å². The van der Waals surface area contributed by atoms with Crippen molar-refractivity contribution in [1.29, 1.82) is 0 Å². The highest BCUT2D eigenvalue weighted by Crippen LogP contribution is 2.10. The molecule has 0 saturated heterocycles. The van der Waals surface area contributed by atoms with Crippen LogP contribution in [0.5, 0.6) is 0 Å². The molecule has 4 nitrogen and oxygen atoms in total. The molecule has 84 valence electrons. The number of imidazole rings is 1. The fraction of sp³-hybridized carbons (Fsp3) is 0.0769. The molecule has 0 aliphatic carbocycles. The first-order valence-electron chi connectivity index (χ1n) is 5.39. The van der Waals surface area contributed by atoms with Crippen molar-refractivity contribution in [2.24, 2.45) is 0 Å². The molecule has 0 radical (unpaired) electrons. The molecule has 3 rings (SSSR count). The molecular formula is C13H11N3O. The first kappa shape index (κ1) is 9.84. The fourth-order valence-corrected chi connectivity index (χ4v) is 1.66. The highest BCUT2D eigenvalue weighted by molar-refractivity contribution is 5.74. The number of rotatable bonds is 3. The van der Waals surface area contributed by atoms with Gasteiger partial charge in [0.15, 0.2) is 6.61 Å². The van der Waals surface area contributed by atoms with Crippen molar-refractivity contribution in [3.05, 3.63) is 60.7 Å². The number of nitrogens with zero attached hydrogens (tertiary/aromatic N) is 3. The van der Waals surface area contributed by atoms with E-state index >= 15 is 0 Å². The molecule has 0 N–H and O–H groups in total. The fourth-order valence-electron chi connectivity index (χ4n) is 1.66. The summed E-state index contributed by atoms with van der Waals surface area (Å²) in [5, 5.41) is 0. The highest BCUT2D eigenvalue weighted by atomic mass is 16.7. The third-order valence-electron chi connectivity index (χ3n) is 2.50. The van der Waals surface area contributed by atoms with Gasteiger partial charge in [-0.2, -0.15) is 4.73 Å². The van der Waals surface area contributed by atoms with Crippen LogP contribution in [0.2, 0.25) is 0 Å². The summed E-state index contributed by atoms with van der Waals surface area (Å²) in [6.45, 7) is 0.432. The quantitative estimate of drug-likeness (QED) is 0.685. The summed E-state index contributed by atoms with van der Waals surface area (Å²) in [4.78, 5) is 14.1. The Labute approximate surface area is 98.5 Å². The number of fused-ring (bicyclic) bond motifs is 1. The minimum absolute atomic E-state index is 0.432. The maximum Gasteiger partial charge on any atom is 0.157 e. The van der Waals surface area contributed by atoms with Gasteiger partial charge in [0.1, 0.15) is 11.8 Å². The van der Waals surface area contributed by atoms with Crippen LogP contribution in [0, 0.1) is 0 Å². The van der Waals surface area contributed by atoms with Crippen molar-refractivity contribution >= 4 is 11.0 Å². The largest absolute Gasteiger partial charge is 0.406 e. The van der Waals surface area contributed by atoms with Crippen LogP contribution in [0.15, 0.2) is 55.0 Å². The second kappa shape index (κ2) is 4.25. The molecule has 0 unspecified atom stereocenters. The van der Waals surface area contributed by atoms with Crippen LogP contribution in [0.3, 0.4) is 0 Å². The smallest absolute Gasteiger partial charge is 0.157 e. The number of benzene rings is 1. The van der Waals surface area contributed by atoms with Crippen LogP contribution in [0.1, 0.15) is 5.69 Å². The number of pyridine rings is 1. The highest BCUT2D eigenvalue weighted by Gasteiger charge is 2.02. The monoisotopic (exact) mass is 225 g/mol. The van der Waals surface area contributed by atoms with Gasteiger partial charge < -0.3 is 4.84 Å². The van der Waals surface area contributed by atoms with Crippen molar-refractivity contribution in [2.45, 2.75) is 6.61 Å². The summed E-state index contributed by atoms with van der Waals surface area (Å²) >= 11 is 0. The molecule has 0 fully saturated rings. The lowest BCUT2D eigenvalue weighted by Gasteiger charge is -2.06. The Hall–Kier alpha value is -2.36. The van der Waals surface area contributed by atoms with E-state index in [2.05, 4.69) is 9.97 Å². The molecule has 0 atom stereocenters. The number of aromatic nitrogens is 3. The summed E-state index contributed by atoms with van der Waals surface area (Å²) in [6, 6.07) is 13.6. The third kappa shape index (κ3) is 1.97. The SMILES string of the molecule is c1ccc(COn2cnc3ccccc32)nc1. The van der Waals surface area contributed by atoms with Crippen LogP contribution in [0.4, 0.5) is 0 Å². The van der Waals surface area contributed by atoms with E-state index in [1.165, 1.54) is 0 Å². The van der Waals surface area contributed by atoms with Gasteiger partial charge in [-0.25, -0.2) is 4.98 Å². The van der Waals surface area contributed by atoms with E-state index in [-0.39, 0.29) is 0 Å². The average molecular weight is 225 g/mol. The molecule has 1 aromatic carbocycles. The van der Waals surface area contributed by atoms with Crippen LogP contribution >= 0.6 is 0 Å². The Morgan fingerprint density at radius 1 is 1.00 bits per heavy atom. The molecule has 0 aliphatic heterocycles. The third-order valence-corrected chi connectivity index (χ3v) is 2.50. The van der Waals surface area contributed by atoms with Gasteiger partial charge in [-0.3, -0.25) is 4.98 Å². The summed E-state index contributed by atoms with van der Waals surface area (Å²) in [5.74, 6) is 0. The van der Waals surface area contributed by atoms with Gasteiger partial charge in [0, 0.05) is 6.20 Å². The van der Waals surface area contributed by atoms with E-state index in [1.54, 1.807) is 17.3 Å². The first-order chi connectivity index (χ1) is 8.43. The van der Waals surface area contributed by atoms with E-state index in [0.717, 1.165) is 16.7 Å². The predicted molar refractivity (Wildman–Crippen MR) is 64.3 cm³/mol. The molecule has 0 bridgehead atoms. The topological polar surface area (TPSA) is 39.9 Å². The second-order valence-electron chi connectivity index (χ2n) is 3.65. The molecule has 0 saturated carbocycles. The van der Waals surface area contributed by atoms with Crippen molar-refractivity contribution in [3.63, 3.8) is 0 Å². The van der Waals surface area contributed by atoms with Crippen LogP contribution in [-0.2, 0) is 6.61 Å². The lowest BCUT2D eigenvalue weighted by Crippen LogP contribution is -2.10. The van der Waals surface area contributed by atoms with Gasteiger partial charge in [-0.15, -0.1) is 0 Å². The summed E-state index contributed by atoms with van der Waals surface area (Å²) in [7, 11) is 0. The average Bonchev–Trinajstić information content (AvgIpc) is 2.81. The molecule has 3 aromatic rings. The normalized spacial score (nSPS) is 10.6. The van der Waals surface area contributed by atoms with Gasteiger partial charge in [-0.1, -0.05) is 18.2 Å². The van der Waals surface area contributed by atoms with Crippen molar-refractivity contribution in [2.75, 3.05) is 0 Å². The zero-order chi connectivity index (χ0) is 11.5. The lowest BCUT2D eigenvalue weighted by molar-refractivity contribution is 0.104. The molecule has 2 aromatic heterocycles. The summed E-state index contributed by atoms with van der Waals surface area (Å²) < 4.78 is 1.67. The maximum absolute atomic E-state index is 5.64. The second-order valence-corrected chi connectivity index (χ2v) is 3.65. The maximum atomic E-state index is 5.64. The Morgan fingerprint density at radius 2 is 1.88 bits per heavy atom. The van der Waals surface area contributed by atoms with Crippen molar-refractivity contribution in [3.8, 4) is 0 Å². The van der Waals surface area contributed by atoms with Crippen LogP contribution < -0.4 is 4.84 Å². The molecule has 0 amide bonds. The van der Waals surface area contributed by atoms with E-state index in [9.17, 15) is 0 Å². The molecule has 4 heteroatoms. The number of para-hydroxylation sites is 2. The lowest BCUT2D eigenvalue weighted by atomic mass is 10.3. The van der Waals surface area contributed by atoms with Gasteiger partial charge >= 0.3 is 0 Å². The number of hydrogen-bond donors (Lipinski definition) is 0. The summed E-state index contributed by atoms with van der Waals surface area (Å²) in [6.07, 6.45) is 3.43. The standard InChI is InChI=1S/C13H11N3O/c1-2-7-13-12(6-1)15-10-16(13)17-9-11-5-3-4-8-14-11/h1-8,10H,9H2. The minimum atomic E-state index is 0.432. The predicted octanol–water partition coefficient (Wildman–Crippen LogP) is 2.06. The Morgan fingerprint density at radius 3 is 2.76 bits per heavy atom. The van der Waals surface area contributed by atoms with Gasteiger partial charge in [0.25, 0.3) is 0 Å². The van der Waals surface area contributed by atoms with E-state index < -0.39 is 0 Å². The van der Waals surface area contributed by atoms with E-state index in [4.69, 9.17) is 4.84 Å². The van der Waals surface area contributed by atoms with Crippen molar-refractivity contribution in [1.82, 2.24) is 14.7 Å². The molecule has 0 aliphatic rings. The Kier molecular flexibility index (Phi) is 2.46. The summed E-state index contributed by atoms with van der Waals surface area (Å²) in [5.41, 5.74) is 2.78. The van der Waals surface area contributed by atoms with Gasteiger partial charge in [0.05, 0.1) is 11.2 Å². The van der Waals surface area contributed by atoms with E-state index in [0.29, 0.717) is 6.61 Å². The van der Waals surface area contributed by atoms with Crippen LogP contribution in [0.25, 0.3) is 11.0 Å². The zero-order valence-corrected chi connectivity index (χ0v) is 9.15. The van der Waals surface area contributed by atoms with Gasteiger partial charge in [-0.05, 0) is 24.3 Å². The first-order valence-corrected chi connectivity index (χ1v) is 5.39. The van der Waals surface area contributed by atoms with Crippen molar-refractivity contribution < 1.29 is 4.84 Å². The zero-order valence-electron chi connectivity index (χ0n) is 9.15. The molecule has 17 heavy (non-hydrogen) atoms. The molecular weight excluding hydrogens is 214 g/mol. The Bertz CT molecular complexity index is 619. The number of hydrogen-bond acceptors (Lipinski definition) is 3. The molecule has 2 heterocycles. The minimum Gasteiger partial charge on any atom is -0.406 e. The van der Waals surface area contributed by atoms with Crippen LogP contribution in [-0.4, -0.2) is 14.7 Å². The Balaban J connectivity index is 1.82.